The summed E-state index contributed by atoms with van der Waals surface area (Å²) in [4.78, 5) is 0. The van der Waals surface area contributed by atoms with E-state index in [9.17, 15) is 0 Å². The summed E-state index contributed by atoms with van der Waals surface area (Å²) in [5, 5.41) is 0. The summed E-state index contributed by atoms with van der Waals surface area (Å²) in [6.45, 7) is 4.21. The molecule has 0 saturated heterocycles. The molecule has 0 spiro atoms. The third-order valence-corrected chi connectivity index (χ3v) is 2.01. The Bertz CT molecular complexity index is 256. The first-order chi connectivity index (χ1) is 5.61. The molecule has 0 aliphatic rings. The van der Waals surface area contributed by atoms with E-state index in [-0.39, 0.29) is 6.04 Å². The monoisotopic (exact) mass is 164 g/mol. The van der Waals surface area contributed by atoms with Gasteiger partial charge in [0.2, 0.25) is 0 Å². The second-order valence-corrected chi connectivity index (χ2v) is 3.44. The lowest BCUT2D eigenvalue weighted by molar-refractivity contribution is 0.514. The lowest BCUT2D eigenvalue weighted by atomic mass is 9.97. The van der Waals surface area contributed by atoms with Crippen molar-refractivity contribution >= 4 is 5.69 Å². The quantitative estimate of drug-likeness (QED) is 0.656. The van der Waals surface area contributed by atoms with Crippen molar-refractivity contribution in [1.29, 1.82) is 0 Å². The number of rotatable bonds is 2. The maximum atomic E-state index is 5.95. The van der Waals surface area contributed by atoms with Crippen LogP contribution < -0.4 is 11.5 Å². The maximum Gasteiger partial charge on any atom is 0.0318 e. The van der Waals surface area contributed by atoms with E-state index in [1.54, 1.807) is 0 Å². The molecule has 0 fully saturated rings. The molecule has 4 N–H and O–H groups in total. The van der Waals surface area contributed by atoms with Crippen molar-refractivity contribution < 1.29 is 0 Å². The Morgan fingerprint density at radius 1 is 1.25 bits per heavy atom. The van der Waals surface area contributed by atoms with E-state index < -0.39 is 0 Å². The predicted molar refractivity (Wildman–Crippen MR) is 52.6 cm³/mol. The van der Waals surface area contributed by atoms with Gasteiger partial charge in [-0.15, -0.1) is 0 Å². The molecule has 0 amide bonds. The molecule has 66 valence electrons. The first-order valence-electron chi connectivity index (χ1n) is 4.22. The summed E-state index contributed by atoms with van der Waals surface area (Å²) < 4.78 is 0. The Kier molecular flexibility index (Phi) is 2.71. The van der Waals surface area contributed by atoms with Crippen molar-refractivity contribution in [2.24, 2.45) is 11.7 Å². The molecule has 0 aromatic heterocycles. The van der Waals surface area contributed by atoms with E-state index in [1.807, 2.05) is 24.3 Å². The van der Waals surface area contributed by atoms with Gasteiger partial charge in [0.1, 0.15) is 0 Å². The standard InChI is InChI=1S/C10H16N2/c1-7(2)10(12)8-4-3-5-9(11)6-8/h3-7,10H,11-12H2,1-2H3/t10-/m0/s1. The highest BCUT2D eigenvalue weighted by atomic mass is 14.6. The Hall–Kier alpha value is -1.02. The molecule has 1 atom stereocenters. The minimum absolute atomic E-state index is 0.0912. The van der Waals surface area contributed by atoms with Crippen LogP contribution in [-0.2, 0) is 0 Å². The number of hydrogen-bond acceptors (Lipinski definition) is 2. The van der Waals surface area contributed by atoms with Crippen LogP contribution in [0.4, 0.5) is 5.69 Å². The number of hydrogen-bond donors (Lipinski definition) is 2. The Balaban J connectivity index is 2.88. The molecule has 0 bridgehead atoms. The van der Waals surface area contributed by atoms with E-state index in [1.165, 1.54) is 0 Å². The van der Waals surface area contributed by atoms with E-state index in [0.717, 1.165) is 11.3 Å². The van der Waals surface area contributed by atoms with Crippen molar-refractivity contribution in [3.8, 4) is 0 Å². The van der Waals surface area contributed by atoms with Crippen LogP contribution in [0.1, 0.15) is 25.5 Å². The van der Waals surface area contributed by atoms with Gasteiger partial charge >= 0.3 is 0 Å². The molecular weight excluding hydrogens is 148 g/mol. The molecule has 0 heterocycles. The first kappa shape index (κ1) is 9.07. The highest BCUT2D eigenvalue weighted by Crippen LogP contribution is 2.20. The summed E-state index contributed by atoms with van der Waals surface area (Å²) in [6, 6.07) is 7.85. The zero-order chi connectivity index (χ0) is 9.14. The molecule has 0 aliphatic carbocycles. The Morgan fingerprint density at radius 2 is 1.92 bits per heavy atom. The van der Waals surface area contributed by atoms with E-state index in [0.29, 0.717) is 5.92 Å². The van der Waals surface area contributed by atoms with Gasteiger partial charge in [-0.3, -0.25) is 0 Å². The maximum absolute atomic E-state index is 5.95. The summed E-state index contributed by atoms with van der Waals surface area (Å²) in [5.74, 6) is 0.451. The van der Waals surface area contributed by atoms with Gasteiger partial charge in [-0.2, -0.15) is 0 Å². The topological polar surface area (TPSA) is 52.0 Å². The molecule has 0 unspecified atom stereocenters. The van der Waals surface area contributed by atoms with E-state index in [2.05, 4.69) is 13.8 Å². The zero-order valence-electron chi connectivity index (χ0n) is 7.62. The molecular formula is C10H16N2. The average molecular weight is 164 g/mol. The molecule has 2 nitrogen and oxygen atoms in total. The van der Waals surface area contributed by atoms with Crippen LogP contribution in [0.25, 0.3) is 0 Å². The largest absolute Gasteiger partial charge is 0.399 e. The van der Waals surface area contributed by atoms with Gasteiger partial charge in [-0.1, -0.05) is 26.0 Å². The average Bonchev–Trinajstić information content (AvgIpc) is 2.03. The van der Waals surface area contributed by atoms with E-state index in [4.69, 9.17) is 11.5 Å². The molecule has 0 aliphatic heterocycles. The second-order valence-electron chi connectivity index (χ2n) is 3.44. The first-order valence-corrected chi connectivity index (χ1v) is 4.22. The fourth-order valence-electron chi connectivity index (χ4n) is 1.15. The van der Waals surface area contributed by atoms with Crippen molar-refractivity contribution in [2.45, 2.75) is 19.9 Å². The predicted octanol–water partition coefficient (Wildman–Crippen LogP) is 1.92. The van der Waals surface area contributed by atoms with Crippen LogP contribution in [0.2, 0.25) is 0 Å². The highest BCUT2D eigenvalue weighted by Gasteiger charge is 2.09. The summed E-state index contributed by atoms with van der Waals surface area (Å²) >= 11 is 0. The third-order valence-electron chi connectivity index (χ3n) is 2.01. The van der Waals surface area contributed by atoms with Crippen molar-refractivity contribution in [2.75, 3.05) is 5.73 Å². The smallest absolute Gasteiger partial charge is 0.0318 e. The van der Waals surface area contributed by atoms with Crippen molar-refractivity contribution in [3.63, 3.8) is 0 Å². The molecule has 1 aromatic carbocycles. The fourth-order valence-corrected chi connectivity index (χ4v) is 1.15. The molecule has 0 radical (unpaired) electrons. The summed E-state index contributed by atoms with van der Waals surface area (Å²) in [7, 11) is 0. The van der Waals surface area contributed by atoms with Crippen LogP contribution in [0, 0.1) is 5.92 Å². The third kappa shape index (κ3) is 1.98. The van der Waals surface area contributed by atoms with Gasteiger partial charge in [0.05, 0.1) is 0 Å². The van der Waals surface area contributed by atoms with E-state index >= 15 is 0 Å². The summed E-state index contributed by atoms with van der Waals surface area (Å²) in [6.07, 6.45) is 0. The number of anilines is 1. The van der Waals surface area contributed by atoms with Crippen LogP contribution in [-0.4, -0.2) is 0 Å². The minimum Gasteiger partial charge on any atom is -0.399 e. The number of nitrogens with two attached hydrogens (primary N) is 2. The number of benzene rings is 1. The Morgan fingerprint density at radius 3 is 2.42 bits per heavy atom. The van der Waals surface area contributed by atoms with Gasteiger partial charge < -0.3 is 11.5 Å². The van der Waals surface area contributed by atoms with Gasteiger partial charge in [0.15, 0.2) is 0 Å². The van der Waals surface area contributed by atoms with Crippen LogP contribution in [0.5, 0.6) is 0 Å². The molecule has 0 saturated carbocycles. The lowest BCUT2D eigenvalue weighted by Crippen LogP contribution is -2.16. The SMILES string of the molecule is CC(C)[C@H](N)c1cccc(N)c1. The summed E-state index contributed by atoms with van der Waals surface area (Å²) in [5.41, 5.74) is 13.5. The normalized spacial score (nSPS) is 13.3. The van der Waals surface area contributed by atoms with Gasteiger partial charge in [0, 0.05) is 11.7 Å². The zero-order valence-corrected chi connectivity index (χ0v) is 7.62. The van der Waals surface area contributed by atoms with Crippen LogP contribution >= 0.6 is 0 Å². The lowest BCUT2D eigenvalue weighted by Gasteiger charge is -2.15. The molecule has 1 rings (SSSR count). The molecule has 2 heteroatoms. The molecule has 12 heavy (non-hydrogen) atoms. The second kappa shape index (κ2) is 3.59. The van der Waals surface area contributed by atoms with Crippen LogP contribution in [0.3, 0.4) is 0 Å². The highest BCUT2D eigenvalue weighted by molar-refractivity contribution is 5.41. The van der Waals surface area contributed by atoms with Crippen molar-refractivity contribution in [1.82, 2.24) is 0 Å². The fraction of sp³-hybridized carbons (Fsp3) is 0.400. The van der Waals surface area contributed by atoms with Gasteiger partial charge in [0.25, 0.3) is 0 Å². The minimum atomic E-state index is 0.0912. The number of nitrogen functional groups attached to an aromatic ring is 1. The van der Waals surface area contributed by atoms with Gasteiger partial charge in [-0.25, -0.2) is 0 Å². The van der Waals surface area contributed by atoms with Gasteiger partial charge in [-0.05, 0) is 23.6 Å². The van der Waals surface area contributed by atoms with Crippen LogP contribution in [0.15, 0.2) is 24.3 Å². The molecule has 1 aromatic rings. The van der Waals surface area contributed by atoms with Crippen molar-refractivity contribution in [3.05, 3.63) is 29.8 Å². The Labute approximate surface area is 73.6 Å².